The normalized spacial score (nSPS) is 18.6. The predicted molar refractivity (Wildman–Crippen MR) is 66.8 cm³/mol. The zero-order chi connectivity index (χ0) is 13.1. The molecule has 1 amide bonds. The number of aliphatic hydroxyl groups excluding tert-OH is 1. The highest BCUT2D eigenvalue weighted by molar-refractivity contribution is 5.68. The lowest BCUT2D eigenvalue weighted by Crippen LogP contribution is -2.40. The minimum atomic E-state index is -0.456. The Labute approximate surface area is 103 Å². The van der Waals surface area contributed by atoms with Crippen molar-refractivity contribution < 1.29 is 14.6 Å². The maximum absolute atomic E-state index is 11.9. The summed E-state index contributed by atoms with van der Waals surface area (Å²) < 4.78 is 5.33. The number of nitrogens with zero attached hydrogens (tertiary/aromatic N) is 1. The van der Waals surface area contributed by atoms with Crippen LogP contribution in [0.25, 0.3) is 0 Å². The van der Waals surface area contributed by atoms with Crippen molar-refractivity contribution in [2.75, 3.05) is 13.1 Å². The number of hydrogen-bond acceptors (Lipinski definition) is 3. The van der Waals surface area contributed by atoms with E-state index in [4.69, 9.17) is 4.74 Å². The molecule has 0 aromatic rings. The van der Waals surface area contributed by atoms with Gasteiger partial charge in [0.2, 0.25) is 0 Å². The largest absolute Gasteiger partial charge is 0.444 e. The summed E-state index contributed by atoms with van der Waals surface area (Å²) in [6.07, 6.45) is 2.93. The van der Waals surface area contributed by atoms with Gasteiger partial charge in [0.15, 0.2) is 0 Å². The third-order valence-corrected chi connectivity index (χ3v) is 2.44. The average Bonchev–Trinajstić information content (AvgIpc) is 2.14. The van der Waals surface area contributed by atoms with Crippen LogP contribution in [-0.4, -0.2) is 40.9 Å². The maximum Gasteiger partial charge on any atom is 0.410 e. The molecule has 4 heteroatoms. The van der Waals surface area contributed by atoms with Gasteiger partial charge in [0.1, 0.15) is 5.60 Å². The number of carbonyl (C=O) groups is 1. The first-order chi connectivity index (χ1) is 7.78. The molecule has 1 N–H and O–H groups in total. The van der Waals surface area contributed by atoms with Crippen molar-refractivity contribution in [3.8, 4) is 0 Å². The third kappa shape index (κ3) is 5.22. The van der Waals surface area contributed by atoms with E-state index in [1.165, 1.54) is 0 Å². The van der Waals surface area contributed by atoms with Gasteiger partial charge in [-0.25, -0.2) is 4.79 Å². The lowest BCUT2D eigenvalue weighted by atomic mass is 10.0. The van der Waals surface area contributed by atoms with E-state index >= 15 is 0 Å². The Hall–Kier alpha value is -1.03. The second-order valence-corrected chi connectivity index (χ2v) is 5.61. The summed E-state index contributed by atoms with van der Waals surface area (Å²) >= 11 is 0. The fourth-order valence-electron chi connectivity index (χ4n) is 1.82. The highest BCUT2D eigenvalue weighted by Crippen LogP contribution is 2.17. The van der Waals surface area contributed by atoms with Crippen molar-refractivity contribution >= 4 is 6.09 Å². The van der Waals surface area contributed by atoms with Gasteiger partial charge >= 0.3 is 6.09 Å². The molecule has 0 fully saturated rings. The van der Waals surface area contributed by atoms with Crippen LogP contribution < -0.4 is 0 Å². The molecule has 0 spiro atoms. The van der Waals surface area contributed by atoms with E-state index < -0.39 is 5.60 Å². The van der Waals surface area contributed by atoms with Crippen LogP contribution in [0.3, 0.4) is 0 Å². The molecule has 0 aromatic carbocycles. The van der Waals surface area contributed by atoms with E-state index in [-0.39, 0.29) is 12.2 Å². The number of aliphatic hydroxyl groups is 1. The minimum Gasteiger partial charge on any atom is -0.444 e. The molecular formula is C13H23NO3. The van der Waals surface area contributed by atoms with Gasteiger partial charge in [0.25, 0.3) is 0 Å². The Morgan fingerprint density at radius 2 is 2.24 bits per heavy atom. The van der Waals surface area contributed by atoms with Gasteiger partial charge in [-0.2, -0.15) is 0 Å². The van der Waals surface area contributed by atoms with Gasteiger partial charge in [-0.3, -0.25) is 0 Å². The van der Waals surface area contributed by atoms with Crippen LogP contribution >= 0.6 is 0 Å². The first-order valence-corrected chi connectivity index (χ1v) is 6.12. The Balaban J connectivity index is 2.52. The highest BCUT2D eigenvalue weighted by Gasteiger charge is 2.24. The summed E-state index contributed by atoms with van der Waals surface area (Å²) in [6, 6.07) is 0. The van der Waals surface area contributed by atoms with Crippen LogP contribution in [0.15, 0.2) is 11.6 Å². The highest BCUT2D eigenvalue weighted by atomic mass is 16.6. The van der Waals surface area contributed by atoms with Gasteiger partial charge in [-0.05, 0) is 40.5 Å². The molecule has 1 aliphatic heterocycles. The summed E-state index contributed by atoms with van der Waals surface area (Å²) in [5, 5.41) is 9.34. The zero-order valence-corrected chi connectivity index (χ0v) is 11.2. The van der Waals surface area contributed by atoms with E-state index in [9.17, 15) is 9.90 Å². The van der Waals surface area contributed by atoms with Crippen LogP contribution in [0.4, 0.5) is 4.79 Å². The fourth-order valence-corrected chi connectivity index (χ4v) is 1.82. The van der Waals surface area contributed by atoms with Crippen LogP contribution in [-0.2, 0) is 4.74 Å². The van der Waals surface area contributed by atoms with Crippen LogP contribution in [0, 0.1) is 0 Å². The van der Waals surface area contributed by atoms with Gasteiger partial charge in [-0.1, -0.05) is 11.6 Å². The summed E-state index contributed by atoms with van der Waals surface area (Å²) in [6.45, 7) is 8.61. The Kier molecular flexibility index (Phi) is 4.57. The monoisotopic (exact) mass is 241 g/mol. The van der Waals surface area contributed by atoms with Gasteiger partial charge in [0.05, 0.1) is 6.10 Å². The second-order valence-electron chi connectivity index (χ2n) is 5.61. The van der Waals surface area contributed by atoms with Crippen LogP contribution in [0.5, 0.6) is 0 Å². The number of carbonyl (C=O) groups excluding carboxylic acids is 1. The summed E-state index contributed by atoms with van der Waals surface area (Å²) in [7, 11) is 0. The van der Waals surface area contributed by atoms with Gasteiger partial charge in [-0.15, -0.1) is 0 Å². The number of ether oxygens (including phenoxy) is 1. The van der Waals surface area contributed by atoms with E-state index in [0.717, 1.165) is 12.0 Å². The molecule has 1 atom stereocenters. The summed E-state index contributed by atoms with van der Waals surface area (Å²) in [4.78, 5) is 13.6. The molecule has 4 nitrogen and oxygen atoms in total. The summed E-state index contributed by atoms with van der Waals surface area (Å²) in [5.41, 5.74) is 0.653. The number of rotatable bonds is 2. The van der Waals surface area contributed by atoms with E-state index in [0.29, 0.717) is 19.5 Å². The standard InChI is InChI=1S/C13H23NO3/c1-10(15)8-11-6-5-7-14(9-11)12(16)17-13(2,3)4/h6,10,15H,5,7-9H2,1-4H3. The van der Waals surface area contributed by atoms with Crippen molar-refractivity contribution in [1.29, 1.82) is 0 Å². The van der Waals surface area contributed by atoms with Crippen molar-refractivity contribution in [3.05, 3.63) is 11.6 Å². The molecule has 0 aliphatic carbocycles. The Morgan fingerprint density at radius 1 is 1.59 bits per heavy atom. The molecule has 0 saturated heterocycles. The van der Waals surface area contributed by atoms with Gasteiger partial charge < -0.3 is 14.7 Å². The molecule has 0 saturated carbocycles. The molecular weight excluding hydrogens is 218 g/mol. The molecule has 0 bridgehead atoms. The predicted octanol–water partition coefficient (Wildman–Crippen LogP) is 2.32. The first-order valence-electron chi connectivity index (χ1n) is 6.12. The lowest BCUT2D eigenvalue weighted by Gasteiger charge is -2.30. The van der Waals surface area contributed by atoms with E-state index in [2.05, 4.69) is 6.08 Å². The topological polar surface area (TPSA) is 49.8 Å². The van der Waals surface area contributed by atoms with Crippen molar-refractivity contribution in [2.24, 2.45) is 0 Å². The quantitative estimate of drug-likeness (QED) is 0.755. The molecule has 1 aliphatic rings. The van der Waals surface area contributed by atoms with Crippen molar-refractivity contribution in [2.45, 2.75) is 52.2 Å². The molecule has 1 heterocycles. The second kappa shape index (κ2) is 5.54. The van der Waals surface area contributed by atoms with Crippen molar-refractivity contribution in [3.63, 3.8) is 0 Å². The molecule has 1 rings (SSSR count). The van der Waals surface area contributed by atoms with Crippen LogP contribution in [0.2, 0.25) is 0 Å². The van der Waals surface area contributed by atoms with Gasteiger partial charge in [0, 0.05) is 13.1 Å². The Morgan fingerprint density at radius 3 is 2.76 bits per heavy atom. The molecule has 0 radical (unpaired) electrons. The molecule has 17 heavy (non-hydrogen) atoms. The SMILES string of the molecule is CC(O)CC1=CCCN(C(=O)OC(C)(C)C)C1. The Bertz CT molecular complexity index is 302. The zero-order valence-electron chi connectivity index (χ0n) is 11.2. The first kappa shape index (κ1) is 14.0. The van der Waals surface area contributed by atoms with E-state index in [1.54, 1.807) is 11.8 Å². The van der Waals surface area contributed by atoms with Crippen molar-refractivity contribution in [1.82, 2.24) is 4.90 Å². The van der Waals surface area contributed by atoms with Crippen LogP contribution in [0.1, 0.15) is 40.5 Å². The van der Waals surface area contributed by atoms with E-state index in [1.807, 2.05) is 20.8 Å². The molecule has 1 unspecified atom stereocenters. The average molecular weight is 241 g/mol. The maximum atomic E-state index is 11.9. The number of hydrogen-bond donors (Lipinski definition) is 1. The summed E-state index contributed by atoms with van der Waals surface area (Å²) in [5.74, 6) is 0. The minimum absolute atomic E-state index is 0.270. The number of amides is 1. The lowest BCUT2D eigenvalue weighted by molar-refractivity contribution is 0.0257. The third-order valence-electron chi connectivity index (χ3n) is 2.44. The fraction of sp³-hybridized carbons (Fsp3) is 0.769. The smallest absolute Gasteiger partial charge is 0.410 e. The molecule has 0 aromatic heterocycles. The molecule has 98 valence electrons.